The third-order valence-corrected chi connectivity index (χ3v) is 5.91. The van der Waals surface area contributed by atoms with Gasteiger partial charge in [0.05, 0.1) is 0 Å². The molecule has 0 aliphatic carbocycles. The molecule has 1 unspecified atom stereocenters. The minimum atomic E-state index is -0.244. The summed E-state index contributed by atoms with van der Waals surface area (Å²) in [6.45, 7) is 4.43. The van der Waals surface area contributed by atoms with Gasteiger partial charge in [-0.25, -0.2) is 4.39 Å². The first-order valence-electron chi connectivity index (χ1n) is 9.34. The Morgan fingerprint density at radius 2 is 1.85 bits per heavy atom. The minimum Gasteiger partial charge on any atom is -0.361 e. The number of hydrogen-bond acceptors (Lipinski definition) is 2. The lowest BCUT2D eigenvalue weighted by atomic mass is 9.95. The zero-order valence-corrected chi connectivity index (χ0v) is 15.0. The van der Waals surface area contributed by atoms with Crippen LogP contribution in [0.5, 0.6) is 0 Å². The second-order valence-electron chi connectivity index (χ2n) is 7.48. The minimum absolute atomic E-state index is 0.0291. The number of halogens is 1. The highest BCUT2D eigenvalue weighted by Crippen LogP contribution is 2.34. The van der Waals surface area contributed by atoms with Crippen LogP contribution >= 0.6 is 0 Å². The third-order valence-electron chi connectivity index (χ3n) is 5.91. The molecule has 0 bridgehead atoms. The Morgan fingerprint density at radius 3 is 2.58 bits per heavy atom. The molecule has 1 N–H and O–H groups in total. The molecular weight excluding hydrogens is 333 g/mol. The zero-order chi connectivity index (χ0) is 18.3. The quantitative estimate of drug-likeness (QED) is 0.898. The van der Waals surface area contributed by atoms with Crippen molar-refractivity contribution in [3.05, 3.63) is 35.8 Å². The van der Waals surface area contributed by atoms with E-state index in [9.17, 15) is 14.0 Å². The number of benzene rings is 1. The molecule has 1 aromatic heterocycles. The number of nitrogens with one attached hydrogen (secondary N) is 1. The molecule has 6 heteroatoms. The number of hydrogen-bond donors (Lipinski definition) is 1. The van der Waals surface area contributed by atoms with E-state index in [0.717, 1.165) is 43.3 Å². The van der Waals surface area contributed by atoms with Gasteiger partial charge in [-0.05, 0) is 43.0 Å². The van der Waals surface area contributed by atoms with Gasteiger partial charge < -0.3 is 14.8 Å². The van der Waals surface area contributed by atoms with Crippen molar-refractivity contribution in [3.8, 4) is 0 Å². The number of fused-ring (bicyclic) bond motifs is 1. The molecular formula is C20H24FN3O2. The molecule has 0 radical (unpaired) electrons. The maximum atomic E-state index is 13.4. The maximum Gasteiger partial charge on any atom is 0.225 e. The molecule has 2 amide bonds. The fraction of sp³-hybridized carbons (Fsp3) is 0.500. The number of amides is 2. The third kappa shape index (κ3) is 3.08. The van der Waals surface area contributed by atoms with Gasteiger partial charge in [-0.1, -0.05) is 0 Å². The van der Waals surface area contributed by atoms with E-state index in [2.05, 4.69) is 4.98 Å². The first kappa shape index (κ1) is 17.1. The van der Waals surface area contributed by atoms with Crippen molar-refractivity contribution in [2.24, 2.45) is 5.92 Å². The molecule has 3 heterocycles. The second-order valence-corrected chi connectivity index (χ2v) is 7.48. The molecule has 4 rings (SSSR count). The average Bonchev–Trinajstić information content (AvgIpc) is 3.27. The van der Waals surface area contributed by atoms with Gasteiger partial charge in [0.15, 0.2) is 0 Å². The Bertz CT molecular complexity index is 839. The Morgan fingerprint density at radius 1 is 1.12 bits per heavy atom. The van der Waals surface area contributed by atoms with Crippen LogP contribution in [0.4, 0.5) is 4.39 Å². The van der Waals surface area contributed by atoms with Crippen LogP contribution in [-0.4, -0.2) is 52.8 Å². The van der Waals surface area contributed by atoms with Gasteiger partial charge in [-0.2, -0.15) is 0 Å². The summed E-state index contributed by atoms with van der Waals surface area (Å²) in [7, 11) is 0. The fourth-order valence-corrected chi connectivity index (χ4v) is 4.37. The topological polar surface area (TPSA) is 56.4 Å². The van der Waals surface area contributed by atoms with E-state index < -0.39 is 0 Å². The molecule has 1 atom stereocenters. The Kier molecular flexibility index (Phi) is 4.42. The van der Waals surface area contributed by atoms with Crippen LogP contribution in [0.15, 0.2) is 24.4 Å². The molecule has 2 aliphatic heterocycles. The number of likely N-dealkylation sites (tertiary alicyclic amines) is 2. The monoisotopic (exact) mass is 357 g/mol. The Labute approximate surface area is 152 Å². The highest BCUT2D eigenvalue weighted by Gasteiger charge is 2.34. The van der Waals surface area contributed by atoms with Gasteiger partial charge in [0.25, 0.3) is 0 Å². The van der Waals surface area contributed by atoms with Crippen LogP contribution in [-0.2, 0) is 9.59 Å². The van der Waals surface area contributed by atoms with E-state index in [0.29, 0.717) is 13.1 Å². The second kappa shape index (κ2) is 6.74. The highest BCUT2D eigenvalue weighted by atomic mass is 19.1. The molecule has 26 heavy (non-hydrogen) atoms. The van der Waals surface area contributed by atoms with Crippen molar-refractivity contribution in [1.29, 1.82) is 0 Å². The molecule has 2 aliphatic rings. The van der Waals surface area contributed by atoms with Gasteiger partial charge in [0.1, 0.15) is 5.82 Å². The van der Waals surface area contributed by atoms with Crippen LogP contribution < -0.4 is 0 Å². The highest BCUT2D eigenvalue weighted by molar-refractivity contribution is 5.84. The Balaban J connectivity index is 1.42. The van der Waals surface area contributed by atoms with E-state index in [1.54, 1.807) is 6.92 Å². The van der Waals surface area contributed by atoms with Crippen molar-refractivity contribution in [1.82, 2.24) is 14.8 Å². The summed E-state index contributed by atoms with van der Waals surface area (Å²) in [4.78, 5) is 31.2. The summed E-state index contributed by atoms with van der Waals surface area (Å²) in [6, 6.07) is 4.82. The standard InChI is InChI=1S/C20H24FN3O2/c1-13(25)23-7-4-14(5-8-23)20(26)24-9-6-15(12-24)18-11-22-19-10-16(21)2-3-17(18)19/h2-3,10-11,14-15,22H,4-9,12H2,1H3. The summed E-state index contributed by atoms with van der Waals surface area (Å²) in [5.74, 6) is 0.386. The van der Waals surface area contributed by atoms with E-state index in [4.69, 9.17) is 0 Å². The zero-order valence-electron chi connectivity index (χ0n) is 15.0. The first-order valence-corrected chi connectivity index (χ1v) is 9.34. The van der Waals surface area contributed by atoms with Crippen molar-refractivity contribution in [3.63, 3.8) is 0 Å². The predicted octanol–water partition coefficient (Wildman–Crippen LogP) is 2.88. The molecule has 0 saturated carbocycles. The lowest BCUT2D eigenvalue weighted by Gasteiger charge is -2.32. The van der Waals surface area contributed by atoms with Crippen molar-refractivity contribution >= 4 is 22.7 Å². The lowest BCUT2D eigenvalue weighted by molar-refractivity contribution is -0.139. The molecule has 1 aromatic carbocycles. The number of piperidine rings is 1. The molecule has 5 nitrogen and oxygen atoms in total. The van der Waals surface area contributed by atoms with Gasteiger partial charge in [-0.3, -0.25) is 9.59 Å². The number of aromatic nitrogens is 1. The van der Waals surface area contributed by atoms with Crippen molar-refractivity contribution < 1.29 is 14.0 Å². The van der Waals surface area contributed by atoms with Crippen molar-refractivity contribution in [2.45, 2.75) is 32.1 Å². The van der Waals surface area contributed by atoms with Crippen LogP contribution in [0.25, 0.3) is 10.9 Å². The first-order chi connectivity index (χ1) is 12.5. The van der Waals surface area contributed by atoms with E-state index in [1.165, 1.54) is 17.7 Å². The maximum absolute atomic E-state index is 13.4. The van der Waals surface area contributed by atoms with Crippen molar-refractivity contribution in [2.75, 3.05) is 26.2 Å². The average molecular weight is 357 g/mol. The van der Waals surface area contributed by atoms with Crippen LogP contribution in [0.1, 0.15) is 37.7 Å². The Hall–Kier alpha value is -2.37. The molecule has 138 valence electrons. The fourth-order valence-electron chi connectivity index (χ4n) is 4.37. The van der Waals surface area contributed by atoms with E-state index in [1.807, 2.05) is 22.1 Å². The van der Waals surface area contributed by atoms with Crippen LogP contribution in [0.3, 0.4) is 0 Å². The molecule has 2 saturated heterocycles. The normalized spacial score (nSPS) is 21.5. The summed E-state index contributed by atoms with van der Waals surface area (Å²) < 4.78 is 13.4. The number of carbonyl (C=O) groups is 2. The van der Waals surface area contributed by atoms with Crippen LogP contribution in [0, 0.1) is 11.7 Å². The SMILES string of the molecule is CC(=O)N1CCC(C(=O)N2CCC(c3c[nH]c4cc(F)ccc34)C2)CC1. The molecule has 2 fully saturated rings. The van der Waals surface area contributed by atoms with Gasteiger partial charge >= 0.3 is 0 Å². The molecule has 2 aromatic rings. The van der Waals surface area contributed by atoms with E-state index in [-0.39, 0.29) is 29.5 Å². The summed E-state index contributed by atoms with van der Waals surface area (Å²) in [5, 5.41) is 1.04. The summed E-state index contributed by atoms with van der Waals surface area (Å²) >= 11 is 0. The summed E-state index contributed by atoms with van der Waals surface area (Å²) in [6.07, 6.45) is 4.40. The lowest BCUT2D eigenvalue weighted by Crippen LogP contribution is -2.43. The number of nitrogens with zero attached hydrogens (tertiary/aromatic N) is 2. The summed E-state index contributed by atoms with van der Waals surface area (Å²) in [5.41, 5.74) is 1.98. The number of aromatic amines is 1. The van der Waals surface area contributed by atoms with Gasteiger partial charge in [0.2, 0.25) is 11.8 Å². The smallest absolute Gasteiger partial charge is 0.225 e. The van der Waals surface area contributed by atoms with Gasteiger partial charge in [-0.15, -0.1) is 0 Å². The van der Waals surface area contributed by atoms with Crippen LogP contribution in [0.2, 0.25) is 0 Å². The van der Waals surface area contributed by atoms with E-state index >= 15 is 0 Å². The predicted molar refractivity (Wildman–Crippen MR) is 97.2 cm³/mol. The molecule has 0 spiro atoms. The number of rotatable bonds is 2. The number of H-pyrrole nitrogens is 1. The van der Waals surface area contributed by atoms with Gasteiger partial charge in [0, 0.05) is 62.0 Å². The number of carbonyl (C=O) groups excluding carboxylic acids is 2. The largest absolute Gasteiger partial charge is 0.361 e.